The van der Waals surface area contributed by atoms with Crippen LogP contribution in [0.4, 0.5) is 4.39 Å². The van der Waals surface area contributed by atoms with E-state index in [0.717, 1.165) is 28.5 Å². The van der Waals surface area contributed by atoms with Gasteiger partial charge in [-0.2, -0.15) is 0 Å². The molecule has 0 N–H and O–H groups in total. The summed E-state index contributed by atoms with van der Waals surface area (Å²) in [5, 5.41) is 0. The van der Waals surface area contributed by atoms with Gasteiger partial charge in [-0.05, 0) is 29.2 Å². The van der Waals surface area contributed by atoms with Gasteiger partial charge in [0.15, 0.2) is 0 Å². The Morgan fingerprint density at radius 1 is 0.952 bits per heavy atom. The van der Waals surface area contributed by atoms with E-state index >= 15 is 0 Å². The smallest absolute Gasteiger partial charge is 0.131 e. The van der Waals surface area contributed by atoms with Crippen LogP contribution < -0.4 is 0 Å². The third-order valence-corrected chi connectivity index (χ3v) is 4.72. The summed E-state index contributed by atoms with van der Waals surface area (Å²) < 4.78 is 15.1. The second-order valence-electron chi connectivity index (χ2n) is 6.94. The quantitative estimate of drug-likeness (QED) is 0.730. The third kappa shape index (κ3) is 2.73. The Kier molecular flexibility index (Phi) is 3.58. The topological polar surface area (TPSA) is 0 Å². The molecule has 0 spiro atoms. The van der Waals surface area contributed by atoms with Gasteiger partial charge in [0, 0.05) is 18.4 Å². The monoisotopic (exact) mass is 284 g/mol. The number of benzene rings is 2. The van der Waals surface area contributed by atoms with E-state index in [-0.39, 0.29) is 5.82 Å². The lowest BCUT2D eigenvalue weighted by atomic mass is 9.82. The summed E-state index contributed by atoms with van der Waals surface area (Å²) in [6.07, 6.45) is 3.29. The standard InChI is InChI=1S/C19H23FN/c1-21(2,3)15-11-12-16-14(13-15)7-6-9-17(16)18-8-4-5-10-19(18)20/h4-10,15H,11-13H2,1-3H3/q+1. The lowest BCUT2D eigenvalue weighted by molar-refractivity contribution is -0.896. The van der Waals surface area contributed by atoms with Gasteiger partial charge in [-0.3, -0.25) is 0 Å². The van der Waals surface area contributed by atoms with Crippen LogP contribution in [0.1, 0.15) is 17.5 Å². The molecule has 2 aromatic rings. The summed E-state index contributed by atoms with van der Waals surface area (Å²) in [7, 11) is 6.78. The number of likely N-dealkylation sites (N-methyl/N-ethyl adjacent to an activating group) is 1. The minimum absolute atomic E-state index is 0.125. The fraction of sp³-hybridized carbons (Fsp3) is 0.368. The van der Waals surface area contributed by atoms with Crippen molar-refractivity contribution in [1.29, 1.82) is 0 Å². The highest BCUT2D eigenvalue weighted by atomic mass is 19.1. The Labute approximate surface area is 126 Å². The van der Waals surface area contributed by atoms with E-state index in [4.69, 9.17) is 0 Å². The molecule has 1 atom stereocenters. The van der Waals surface area contributed by atoms with Gasteiger partial charge in [-0.25, -0.2) is 4.39 Å². The second-order valence-corrected chi connectivity index (χ2v) is 6.94. The van der Waals surface area contributed by atoms with E-state index in [1.165, 1.54) is 17.5 Å². The van der Waals surface area contributed by atoms with Gasteiger partial charge < -0.3 is 4.48 Å². The molecule has 0 bridgehead atoms. The maximum Gasteiger partial charge on any atom is 0.131 e. The van der Waals surface area contributed by atoms with Crippen LogP contribution in [0.5, 0.6) is 0 Å². The fourth-order valence-electron chi connectivity index (χ4n) is 3.38. The Morgan fingerprint density at radius 2 is 1.67 bits per heavy atom. The molecule has 110 valence electrons. The molecule has 1 aliphatic rings. The molecule has 1 nitrogen and oxygen atoms in total. The van der Waals surface area contributed by atoms with Gasteiger partial charge in [0.2, 0.25) is 0 Å². The molecule has 0 radical (unpaired) electrons. The van der Waals surface area contributed by atoms with E-state index in [9.17, 15) is 4.39 Å². The maximum atomic E-state index is 14.1. The first-order chi connectivity index (χ1) is 9.97. The highest BCUT2D eigenvalue weighted by molar-refractivity contribution is 5.69. The summed E-state index contributed by atoms with van der Waals surface area (Å²) in [5.74, 6) is -0.125. The first-order valence-corrected chi connectivity index (χ1v) is 7.63. The van der Waals surface area contributed by atoms with Crippen LogP contribution in [0.25, 0.3) is 11.1 Å². The molecule has 3 rings (SSSR count). The normalized spacial score (nSPS) is 18.4. The summed E-state index contributed by atoms with van der Waals surface area (Å²) in [5.41, 5.74) is 4.54. The average Bonchev–Trinajstić information content (AvgIpc) is 2.46. The van der Waals surface area contributed by atoms with Crippen molar-refractivity contribution in [2.75, 3.05) is 21.1 Å². The molecule has 2 aromatic carbocycles. The predicted molar refractivity (Wildman–Crippen MR) is 85.7 cm³/mol. The summed E-state index contributed by atoms with van der Waals surface area (Å²) in [6.45, 7) is 0. The molecule has 0 aliphatic heterocycles. The molecule has 0 amide bonds. The number of quaternary nitrogens is 1. The first kappa shape index (κ1) is 14.3. The van der Waals surface area contributed by atoms with Crippen LogP contribution in [0, 0.1) is 5.82 Å². The fourth-order valence-corrected chi connectivity index (χ4v) is 3.38. The first-order valence-electron chi connectivity index (χ1n) is 7.63. The predicted octanol–water partition coefficient (Wildman–Crippen LogP) is 4.06. The summed E-state index contributed by atoms with van der Waals surface area (Å²) >= 11 is 0. The lowest BCUT2D eigenvalue weighted by Crippen LogP contribution is -2.48. The van der Waals surface area contributed by atoms with Crippen molar-refractivity contribution >= 4 is 0 Å². The molecule has 0 saturated carbocycles. The van der Waals surface area contributed by atoms with Gasteiger partial charge in [-0.1, -0.05) is 36.4 Å². The third-order valence-electron chi connectivity index (χ3n) is 4.72. The summed E-state index contributed by atoms with van der Waals surface area (Å²) in [6, 6.07) is 14.1. The lowest BCUT2D eigenvalue weighted by Gasteiger charge is -2.37. The van der Waals surface area contributed by atoms with Gasteiger partial charge in [-0.15, -0.1) is 0 Å². The number of fused-ring (bicyclic) bond motifs is 1. The van der Waals surface area contributed by atoms with Crippen molar-refractivity contribution in [2.45, 2.75) is 25.3 Å². The van der Waals surface area contributed by atoms with Crippen LogP contribution >= 0.6 is 0 Å². The molecule has 21 heavy (non-hydrogen) atoms. The van der Waals surface area contributed by atoms with E-state index in [1.54, 1.807) is 12.1 Å². The van der Waals surface area contributed by atoms with E-state index in [1.807, 2.05) is 12.1 Å². The zero-order valence-corrected chi connectivity index (χ0v) is 13.1. The molecule has 1 unspecified atom stereocenters. The minimum Gasteiger partial charge on any atom is -0.328 e. The van der Waals surface area contributed by atoms with Crippen LogP contribution in [0.2, 0.25) is 0 Å². The number of nitrogens with zero attached hydrogens (tertiary/aromatic N) is 1. The van der Waals surface area contributed by atoms with E-state index in [2.05, 4.69) is 39.3 Å². The van der Waals surface area contributed by atoms with Crippen molar-refractivity contribution < 1.29 is 8.87 Å². The Morgan fingerprint density at radius 3 is 2.38 bits per heavy atom. The minimum atomic E-state index is -0.125. The number of rotatable bonds is 2. The van der Waals surface area contributed by atoms with Crippen molar-refractivity contribution in [3.63, 3.8) is 0 Å². The average molecular weight is 284 g/mol. The highest BCUT2D eigenvalue weighted by Gasteiger charge is 2.29. The van der Waals surface area contributed by atoms with Gasteiger partial charge in [0.1, 0.15) is 5.82 Å². The molecule has 1 aliphatic carbocycles. The van der Waals surface area contributed by atoms with Crippen molar-refractivity contribution in [3.8, 4) is 11.1 Å². The van der Waals surface area contributed by atoms with E-state index < -0.39 is 0 Å². The van der Waals surface area contributed by atoms with Crippen LogP contribution in [-0.2, 0) is 12.8 Å². The van der Waals surface area contributed by atoms with Crippen molar-refractivity contribution in [1.82, 2.24) is 0 Å². The van der Waals surface area contributed by atoms with E-state index in [0.29, 0.717) is 6.04 Å². The van der Waals surface area contributed by atoms with Crippen LogP contribution in [0.15, 0.2) is 42.5 Å². The highest BCUT2D eigenvalue weighted by Crippen LogP contribution is 2.34. The number of halogens is 1. The van der Waals surface area contributed by atoms with Gasteiger partial charge in [0.05, 0.1) is 27.2 Å². The summed E-state index contributed by atoms with van der Waals surface area (Å²) in [4.78, 5) is 0. The molecular weight excluding hydrogens is 261 g/mol. The van der Waals surface area contributed by atoms with Gasteiger partial charge in [0.25, 0.3) is 0 Å². The van der Waals surface area contributed by atoms with Gasteiger partial charge >= 0.3 is 0 Å². The zero-order valence-electron chi connectivity index (χ0n) is 13.1. The Hall–Kier alpha value is -1.67. The molecule has 0 saturated heterocycles. The molecule has 0 fully saturated rings. The van der Waals surface area contributed by atoms with Crippen LogP contribution in [0.3, 0.4) is 0 Å². The maximum absolute atomic E-state index is 14.1. The number of hydrogen-bond acceptors (Lipinski definition) is 0. The van der Waals surface area contributed by atoms with Crippen LogP contribution in [-0.4, -0.2) is 31.7 Å². The largest absolute Gasteiger partial charge is 0.328 e. The molecule has 0 heterocycles. The molecule has 2 heteroatoms. The van der Waals surface area contributed by atoms with Crippen molar-refractivity contribution in [2.24, 2.45) is 0 Å². The molecule has 0 aromatic heterocycles. The Bertz CT molecular complexity index is 655. The SMILES string of the molecule is C[N+](C)(C)C1CCc2c(cccc2-c2ccccc2F)C1. The molecular formula is C19H23FN+. The number of hydrogen-bond donors (Lipinski definition) is 0. The zero-order chi connectivity index (χ0) is 15.0. The Balaban J connectivity index is 2.03. The van der Waals surface area contributed by atoms with Crippen molar-refractivity contribution in [3.05, 3.63) is 59.4 Å². The second kappa shape index (κ2) is 5.27.